The molecule has 1 aromatic heterocycles. The number of benzene rings is 2. The van der Waals surface area contributed by atoms with E-state index >= 15 is 0 Å². The second kappa shape index (κ2) is 6.98. The predicted molar refractivity (Wildman–Crippen MR) is 100 cm³/mol. The zero-order chi connectivity index (χ0) is 17.2. The van der Waals surface area contributed by atoms with E-state index in [1.54, 1.807) is 0 Å². The van der Waals surface area contributed by atoms with Crippen LogP contribution in [0.3, 0.4) is 0 Å². The van der Waals surface area contributed by atoms with Gasteiger partial charge in [-0.15, -0.1) is 0 Å². The third kappa shape index (κ3) is 3.60. The Balaban J connectivity index is 1.39. The quantitative estimate of drug-likeness (QED) is 0.721. The van der Waals surface area contributed by atoms with E-state index in [9.17, 15) is 0 Å². The molecule has 2 heterocycles. The van der Waals surface area contributed by atoms with Gasteiger partial charge in [-0.3, -0.25) is 9.80 Å². The fourth-order valence-corrected chi connectivity index (χ4v) is 3.71. The highest BCUT2D eigenvalue weighted by atomic mass is 16.5. The highest BCUT2D eigenvalue weighted by molar-refractivity contribution is 5.83. The molecular formula is C21H25N3O. The summed E-state index contributed by atoms with van der Waals surface area (Å²) in [6.45, 7) is 9.47. The minimum Gasteiger partial charge on any atom is -0.361 e. The molecule has 0 bridgehead atoms. The van der Waals surface area contributed by atoms with Gasteiger partial charge in [0.2, 0.25) is 0 Å². The Kier molecular flexibility index (Phi) is 4.55. The normalized spacial score (nSPS) is 17.8. The Morgan fingerprint density at radius 2 is 1.76 bits per heavy atom. The first kappa shape index (κ1) is 16.3. The largest absolute Gasteiger partial charge is 0.361 e. The zero-order valence-corrected chi connectivity index (χ0v) is 15.0. The van der Waals surface area contributed by atoms with Crippen molar-refractivity contribution in [1.82, 2.24) is 15.0 Å². The maximum absolute atomic E-state index is 5.17. The van der Waals surface area contributed by atoms with Gasteiger partial charge in [-0.05, 0) is 36.2 Å². The standard InChI is InChI=1S/C21H25N3O/c1-16-13-21(22-25-16)15-23-9-11-24(12-10-23)17(2)19-8-7-18-5-3-4-6-20(18)14-19/h3-8,13-14,17H,9-12,15H2,1-2H3. The van der Waals surface area contributed by atoms with E-state index in [1.165, 1.54) is 16.3 Å². The molecule has 0 radical (unpaired) electrons. The van der Waals surface area contributed by atoms with Crippen LogP contribution in [-0.4, -0.2) is 41.1 Å². The van der Waals surface area contributed by atoms with Crippen molar-refractivity contribution in [3.05, 3.63) is 65.5 Å². The van der Waals surface area contributed by atoms with Crippen molar-refractivity contribution >= 4 is 10.8 Å². The third-order valence-corrected chi connectivity index (χ3v) is 5.27. The number of rotatable bonds is 4. The van der Waals surface area contributed by atoms with Crippen LogP contribution in [0.4, 0.5) is 0 Å². The van der Waals surface area contributed by atoms with Gasteiger partial charge < -0.3 is 4.52 Å². The summed E-state index contributed by atoms with van der Waals surface area (Å²) in [5.74, 6) is 0.888. The summed E-state index contributed by atoms with van der Waals surface area (Å²) < 4.78 is 5.17. The molecule has 4 nitrogen and oxygen atoms in total. The molecule has 4 rings (SSSR count). The van der Waals surface area contributed by atoms with Crippen LogP contribution >= 0.6 is 0 Å². The number of aromatic nitrogens is 1. The van der Waals surface area contributed by atoms with Gasteiger partial charge in [0, 0.05) is 44.8 Å². The van der Waals surface area contributed by atoms with Crippen molar-refractivity contribution in [2.45, 2.75) is 26.4 Å². The molecule has 1 atom stereocenters. The van der Waals surface area contributed by atoms with Crippen LogP contribution < -0.4 is 0 Å². The molecule has 0 saturated carbocycles. The van der Waals surface area contributed by atoms with Crippen molar-refractivity contribution in [2.24, 2.45) is 0 Å². The average Bonchev–Trinajstić information content (AvgIpc) is 3.06. The van der Waals surface area contributed by atoms with Crippen LogP contribution in [0.5, 0.6) is 0 Å². The molecule has 2 aromatic carbocycles. The van der Waals surface area contributed by atoms with E-state index in [4.69, 9.17) is 4.52 Å². The van der Waals surface area contributed by atoms with Gasteiger partial charge in [0.1, 0.15) is 5.76 Å². The summed E-state index contributed by atoms with van der Waals surface area (Å²) in [6, 6.07) is 17.9. The highest BCUT2D eigenvalue weighted by Crippen LogP contribution is 2.25. The number of hydrogen-bond donors (Lipinski definition) is 0. The molecule has 1 aliphatic heterocycles. The summed E-state index contributed by atoms with van der Waals surface area (Å²) >= 11 is 0. The average molecular weight is 335 g/mol. The summed E-state index contributed by atoms with van der Waals surface area (Å²) in [5.41, 5.74) is 2.44. The molecule has 0 spiro atoms. The monoisotopic (exact) mass is 335 g/mol. The lowest BCUT2D eigenvalue weighted by Crippen LogP contribution is -2.46. The van der Waals surface area contributed by atoms with E-state index in [-0.39, 0.29) is 0 Å². The van der Waals surface area contributed by atoms with Crippen LogP contribution in [0.1, 0.15) is 30.0 Å². The molecule has 3 aromatic rings. The molecule has 1 saturated heterocycles. The second-order valence-corrected chi connectivity index (χ2v) is 7.02. The summed E-state index contributed by atoms with van der Waals surface area (Å²) in [4.78, 5) is 5.04. The van der Waals surface area contributed by atoms with Gasteiger partial charge in [-0.25, -0.2) is 0 Å². The first-order chi connectivity index (χ1) is 12.2. The van der Waals surface area contributed by atoms with E-state index in [0.717, 1.165) is 44.2 Å². The fraction of sp³-hybridized carbons (Fsp3) is 0.381. The van der Waals surface area contributed by atoms with Gasteiger partial charge in [-0.1, -0.05) is 41.6 Å². The molecule has 0 aliphatic carbocycles. The molecule has 1 unspecified atom stereocenters. The summed E-state index contributed by atoms with van der Waals surface area (Å²) in [7, 11) is 0. The summed E-state index contributed by atoms with van der Waals surface area (Å²) in [5, 5.41) is 6.75. The van der Waals surface area contributed by atoms with Crippen LogP contribution in [0, 0.1) is 6.92 Å². The second-order valence-electron chi connectivity index (χ2n) is 7.02. The number of hydrogen-bond acceptors (Lipinski definition) is 4. The first-order valence-corrected chi connectivity index (χ1v) is 9.06. The molecule has 1 aliphatic rings. The number of piperazine rings is 1. The Bertz CT molecular complexity index is 849. The Morgan fingerprint density at radius 1 is 1.00 bits per heavy atom. The van der Waals surface area contributed by atoms with Crippen molar-refractivity contribution in [1.29, 1.82) is 0 Å². The molecule has 130 valence electrons. The molecule has 4 heteroatoms. The van der Waals surface area contributed by atoms with Crippen molar-refractivity contribution in [3.8, 4) is 0 Å². The maximum atomic E-state index is 5.17. The predicted octanol–water partition coefficient (Wildman–Crippen LogP) is 4.02. The SMILES string of the molecule is Cc1cc(CN2CCN(C(C)c3ccc4ccccc4c3)CC2)no1. The van der Waals surface area contributed by atoms with Crippen molar-refractivity contribution in [2.75, 3.05) is 26.2 Å². The maximum Gasteiger partial charge on any atom is 0.133 e. The van der Waals surface area contributed by atoms with Crippen molar-refractivity contribution < 1.29 is 4.52 Å². The Morgan fingerprint density at radius 3 is 2.48 bits per heavy atom. The van der Waals surface area contributed by atoms with E-state index < -0.39 is 0 Å². The first-order valence-electron chi connectivity index (χ1n) is 9.06. The lowest BCUT2D eigenvalue weighted by atomic mass is 10.0. The highest BCUT2D eigenvalue weighted by Gasteiger charge is 2.22. The van der Waals surface area contributed by atoms with E-state index in [2.05, 4.69) is 64.3 Å². The minimum absolute atomic E-state index is 0.445. The van der Waals surface area contributed by atoms with Gasteiger partial charge in [-0.2, -0.15) is 0 Å². The smallest absolute Gasteiger partial charge is 0.133 e. The molecule has 0 amide bonds. The fourth-order valence-electron chi connectivity index (χ4n) is 3.71. The number of nitrogens with zero attached hydrogens (tertiary/aromatic N) is 3. The molecular weight excluding hydrogens is 310 g/mol. The minimum atomic E-state index is 0.445. The molecule has 1 fully saturated rings. The number of fused-ring (bicyclic) bond motifs is 1. The number of aryl methyl sites for hydroxylation is 1. The lowest BCUT2D eigenvalue weighted by molar-refractivity contribution is 0.0964. The van der Waals surface area contributed by atoms with Gasteiger partial charge in [0.05, 0.1) is 5.69 Å². The molecule has 25 heavy (non-hydrogen) atoms. The lowest BCUT2D eigenvalue weighted by Gasteiger charge is -2.38. The van der Waals surface area contributed by atoms with E-state index in [0.29, 0.717) is 6.04 Å². The van der Waals surface area contributed by atoms with E-state index in [1.807, 2.05) is 13.0 Å². The Hall–Kier alpha value is -2.17. The van der Waals surface area contributed by atoms with Gasteiger partial charge >= 0.3 is 0 Å². The van der Waals surface area contributed by atoms with Crippen LogP contribution in [-0.2, 0) is 6.54 Å². The van der Waals surface area contributed by atoms with Gasteiger partial charge in [0.15, 0.2) is 0 Å². The van der Waals surface area contributed by atoms with Crippen LogP contribution in [0.15, 0.2) is 53.1 Å². The topological polar surface area (TPSA) is 32.5 Å². The zero-order valence-electron chi connectivity index (χ0n) is 15.0. The molecule has 0 N–H and O–H groups in total. The van der Waals surface area contributed by atoms with Gasteiger partial charge in [0.25, 0.3) is 0 Å². The van der Waals surface area contributed by atoms with Crippen LogP contribution in [0.2, 0.25) is 0 Å². The van der Waals surface area contributed by atoms with Crippen LogP contribution in [0.25, 0.3) is 10.8 Å². The third-order valence-electron chi connectivity index (χ3n) is 5.27. The van der Waals surface area contributed by atoms with Crippen molar-refractivity contribution in [3.63, 3.8) is 0 Å². The summed E-state index contributed by atoms with van der Waals surface area (Å²) in [6.07, 6.45) is 0. The Labute approximate surface area is 149 Å².